The highest BCUT2D eigenvalue weighted by Crippen LogP contribution is 2.15. The monoisotopic (exact) mass is 222 g/mol. The number of rotatable bonds is 3. The SMILES string of the molecule is NCCc1cnnn1-c1cccc(Cl)c1. The van der Waals surface area contributed by atoms with Gasteiger partial charge in [-0.1, -0.05) is 22.9 Å². The van der Waals surface area contributed by atoms with E-state index in [0.29, 0.717) is 11.6 Å². The van der Waals surface area contributed by atoms with Gasteiger partial charge in [-0.2, -0.15) is 0 Å². The van der Waals surface area contributed by atoms with Crippen molar-refractivity contribution in [2.45, 2.75) is 6.42 Å². The first-order valence-electron chi connectivity index (χ1n) is 4.67. The second kappa shape index (κ2) is 4.42. The van der Waals surface area contributed by atoms with E-state index in [4.69, 9.17) is 17.3 Å². The van der Waals surface area contributed by atoms with E-state index in [0.717, 1.165) is 17.8 Å². The lowest BCUT2D eigenvalue weighted by atomic mass is 10.3. The van der Waals surface area contributed by atoms with Gasteiger partial charge in [0.05, 0.1) is 17.6 Å². The van der Waals surface area contributed by atoms with Crippen LogP contribution in [0.2, 0.25) is 5.02 Å². The topological polar surface area (TPSA) is 56.7 Å². The van der Waals surface area contributed by atoms with Crippen molar-refractivity contribution in [1.82, 2.24) is 15.0 Å². The third kappa shape index (κ3) is 2.16. The molecule has 15 heavy (non-hydrogen) atoms. The molecule has 4 nitrogen and oxygen atoms in total. The van der Waals surface area contributed by atoms with Gasteiger partial charge in [0, 0.05) is 11.4 Å². The molecular formula is C10H11ClN4. The average Bonchev–Trinajstić information content (AvgIpc) is 2.66. The molecule has 0 fully saturated rings. The van der Waals surface area contributed by atoms with E-state index >= 15 is 0 Å². The van der Waals surface area contributed by atoms with Crippen molar-refractivity contribution in [3.05, 3.63) is 41.2 Å². The van der Waals surface area contributed by atoms with Crippen LogP contribution in [0, 0.1) is 0 Å². The van der Waals surface area contributed by atoms with Crippen molar-refractivity contribution < 1.29 is 0 Å². The van der Waals surface area contributed by atoms with E-state index in [1.807, 2.05) is 24.3 Å². The zero-order valence-electron chi connectivity index (χ0n) is 8.10. The predicted molar refractivity (Wildman–Crippen MR) is 59.1 cm³/mol. The number of hydrogen-bond donors (Lipinski definition) is 1. The molecule has 0 amide bonds. The molecule has 2 rings (SSSR count). The minimum Gasteiger partial charge on any atom is -0.330 e. The summed E-state index contributed by atoms with van der Waals surface area (Å²) in [6, 6.07) is 7.48. The molecule has 0 aliphatic carbocycles. The van der Waals surface area contributed by atoms with E-state index in [9.17, 15) is 0 Å². The first-order chi connectivity index (χ1) is 7.31. The summed E-state index contributed by atoms with van der Waals surface area (Å²) in [4.78, 5) is 0. The number of nitrogens with zero attached hydrogens (tertiary/aromatic N) is 3. The standard InChI is InChI=1S/C10H11ClN4/c11-8-2-1-3-9(6-8)15-10(4-5-12)7-13-14-15/h1-3,6-7H,4-5,12H2. The van der Waals surface area contributed by atoms with Crippen LogP contribution in [0.5, 0.6) is 0 Å². The van der Waals surface area contributed by atoms with Gasteiger partial charge in [0.2, 0.25) is 0 Å². The van der Waals surface area contributed by atoms with Crippen LogP contribution < -0.4 is 5.73 Å². The Morgan fingerprint density at radius 1 is 1.40 bits per heavy atom. The molecule has 5 heteroatoms. The van der Waals surface area contributed by atoms with Gasteiger partial charge in [-0.3, -0.25) is 0 Å². The molecule has 0 aliphatic heterocycles. The Morgan fingerprint density at radius 3 is 3.00 bits per heavy atom. The van der Waals surface area contributed by atoms with E-state index in [1.165, 1.54) is 0 Å². The number of aromatic nitrogens is 3. The summed E-state index contributed by atoms with van der Waals surface area (Å²) in [5, 5.41) is 8.54. The van der Waals surface area contributed by atoms with E-state index in [-0.39, 0.29) is 0 Å². The second-order valence-corrected chi connectivity index (χ2v) is 3.59. The second-order valence-electron chi connectivity index (χ2n) is 3.16. The quantitative estimate of drug-likeness (QED) is 0.855. The molecule has 0 radical (unpaired) electrons. The number of hydrogen-bond acceptors (Lipinski definition) is 3. The van der Waals surface area contributed by atoms with Crippen molar-refractivity contribution in [2.75, 3.05) is 6.54 Å². The molecule has 2 aromatic rings. The van der Waals surface area contributed by atoms with Gasteiger partial charge in [0.15, 0.2) is 0 Å². The van der Waals surface area contributed by atoms with Gasteiger partial charge in [-0.25, -0.2) is 4.68 Å². The van der Waals surface area contributed by atoms with Gasteiger partial charge in [0.25, 0.3) is 0 Å². The lowest BCUT2D eigenvalue weighted by molar-refractivity contribution is 0.755. The fourth-order valence-electron chi connectivity index (χ4n) is 1.40. The maximum Gasteiger partial charge on any atom is 0.0730 e. The maximum absolute atomic E-state index is 5.90. The zero-order valence-corrected chi connectivity index (χ0v) is 8.85. The summed E-state index contributed by atoms with van der Waals surface area (Å²) < 4.78 is 1.75. The Hall–Kier alpha value is -1.39. The first-order valence-corrected chi connectivity index (χ1v) is 5.04. The Bertz CT molecular complexity index is 452. The van der Waals surface area contributed by atoms with Crippen LogP contribution in [0.3, 0.4) is 0 Å². The van der Waals surface area contributed by atoms with Crippen molar-refractivity contribution in [3.8, 4) is 5.69 Å². The minimum atomic E-state index is 0.577. The largest absolute Gasteiger partial charge is 0.330 e. The highest BCUT2D eigenvalue weighted by atomic mass is 35.5. The highest BCUT2D eigenvalue weighted by Gasteiger charge is 2.05. The van der Waals surface area contributed by atoms with Crippen LogP contribution in [0.15, 0.2) is 30.5 Å². The van der Waals surface area contributed by atoms with Crippen LogP contribution in [-0.4, -0.2) is 21.5 Å². The van der Waals surface area contributed by atoms with Crippen molar-refractivity contribution in [1.29, 1.82) is 0 Å². The smallest absolute Gasteiger partial charge is 0.0730 e. The number of benzene rings is 1. The summed E-state index contributed by atoms with van der Waals surface area (Å²) in [7, 11) is 0. The molecule has 0 unspecified atom stereocenters. The van der Waals surface area contributed by atoms with Crippen molar-refractivity contribution in [2.24, 2.45) is 5.73 Å². The lowest BCUT2D eigenvalue weighted by Gasteiger charge is -2.04. The molecule has 0 aliphatic rings. The van der Waals surface area contributed by atoms with Crippen LogP contribution in [0.1, 0.15) is 5.69 Å². The third-order valence-electron chi connectivity index (χ3n) is 2.07. The molecule has 1 heterocycles. The molecule has 78 valence electrons. The van der Waals surface area contributed by atoms with Crippen LogP contribution in [0.4, 0.5) is 0 Å². The van der Waals surface area contributed by atoms with Gasteiger partial charge in [0.1, 0.15) is 0 Å². The summed E-state index contributed by atoms with van der Waals surface area (Å²) in [6.07, 6.45) is 2.47. The molecule has 2 N–H and O–H groups in total. The predicted octanol–water partition coefficient (Wildman–Crippen LogP) is 1.42. The van der Waals surface area contributed by atoms with Crippen molar-refractivity contribution >= 4 is 11.6 Å². The zero-order chi connectivity index (χ0) is 10.7. The fraction of sp³-hybridized carbons (Fsp3) is 0.200. The Balaban J connectivity index is 2.40. The van der Waals surface area contributed by atoms with E-state index in [1.54, 1.807) is 10.9 Å². The molecule has 1 aromatic heterocycles. The minimum absolute atomic E-state index is 0.577. The molecule has 0 bridgehead atoms. The van der Waals surface area contributed by atoms with E-state index < -0.39 is 0 Å². The fourth-order valence-corrected chi connectivity index (χ4v) is 1.58. The van der Waals surface area contributed by atoms with Gasteiger partial charge in [-0.15, -0.1) is 5.10 Å². The van der Waals surface area contributed by atoms with Crippen LogP contribution >= 0.6 is 11.6 Å². The van der Waals surface area contributed by atoms with Gasteiger partial charge in [-0.05, 0) is 24.7 Å². The van der Waals surface area contributed by atoms with E-state index in [2.05, 4.69) is 10.3 Å². The Morgan fingerprint density at radius 2 is 2.27 bits per heavy atom. The Labute approximate surface area is 92.7 Å². The third-order valence-corrected chi connectivity index (χ3v) is 2.31. The van der Waals surface area contributed by atoms with Gasteiger partial charge < -0.3 is 5.73 Å². The first kappa shape index (κ1) is 10.1. The van der Waals surface area contributed by atoms with Crippen LogP contribution in [-0.2, 0) is 6.42 Å². The molecule has 0 saturated heterocycles. The normalized spacial score (nSPS) is 10.5. The van der Waals surface area contributed by atoms with Crippen molar-refractivity contribution in [3.63, 3.8) is 0 Å². The molecule has 0 atom stereocenters. The number of nitrogens with two attached hydrogens (primary N) is 1. The molecule has 0 spiro atoms. The summed E-state index contributed by atoms with van der Waals surface area (Å²) in [6.45, 7) is 0.577. The molecular weight excluding hydrogens is 212 g/mol. The summed E-state index contributed by atoms with van der Waals surface area (Å²) in [5.41, 5.74) is 7.39. The number of halogens is 1. The van der Waals surface area contributed by atoms with Crippen LogP contribution in [0.25, 0.3) is 5.69 Å². The highest BCUT2D eigenvalue weighted by molar-refractivity contribution is 6.30. The molecule has 0 saturated carbocycles. The summed E-state index contributed by atoms with van der Waals surface area (Å²) in [5.74, 6) is 0. The lowest BCUT2D eigenvalue weighted by Crippen LogP contribution is -2.08. The average molecular weight is 223 g/mol. The van der Waals surface area contributed by atoms with Gasteiger partial charge >= 0.3 is 0 Å². The summed E-state index contributed by atoms with van der Waals surface area (Å²) >= 11 is 5.90. The maximum atomic E-state index is 5.90. The molecule has 1 aromatic carbocycles. The Kier molecular flexibility index (Phi) is 2.99.